The number of carbonyl (C=O) groups excluding carboxylic acids is 3. The number of anilines is 1. The average molecular weight is 566 g/mol. The van der Waals surface area contributed by atoms with Crippen molar-refractivity contribution in [3.8, 4) is 5.69 Å². The second-order valence-electron chi connectivity index (χ2n) is 8.85. The number of carbonyl (C=O) groups is 3. The molecule has 0 fully saturated rings. The average Bonchev–Trinajstić information content (AvgIpc) is 3.71. The molecule has 0 bridgehead atoms. The van der Waals surface area contributed by atoms with Gasteiger partial charge in [-0.15, -0.1) is 21.5 Å². The summed E-state index contributed by atoms with van der Waals surface area (Å²) >= 11 is 2.66. The van der Waals surface area contributed by atoms with Gasteiger partial charge in [-0.1, -0.05) is 23.9 Å². The predicted octanol–water partition coefficient (Wildman–Crippen LogP) is 4.56. The summed E-state index contributed by atoms with van der Waals surface area (Å²) in [6.07, 6.45) is 4.14. The van der Waals surface area contributed by atoms with Gasteiger partial charge in [0.2, 0.25) is 5.91 Å². The van der Waals surface area contributed by atoms with Crippen molar-refractivity contribution in [1.82, 2.24) is 20.1 Å². The van der Waals surface area contributed by atoms with Gasteiger partial charge in [0.05, 0.1) is 30.7 Å². The quantitative estimate of drug-likeness (QED) is 0.212. The summed E-state index contributed by atoms with van der Waals surface area (Å²) < 4.78 is 12.2. The molecular formula is C27H27N5O5S2. The molecular weight excluding hydrogens is 538 g/mol. The highest BCUT2D eigenvalue weighted by Gasteiger charge is 2.28. The van der Waals surface area contributed by atoms with E-state index in [1.165, 1.54) is 29.4 Å². The molecule has 39 heavy (non-hydrogen) atoms. The van der Waals surface area contributed by atoms with E-state index in [-0.39, 0.29) is 36.5 Å². The lowest BCUT2D eigenvalue weighted by molar-refractivity contribution is -0.113. The molecule has 0 radical (unpaired) electrons. The van der Waals surface area contributed by atoms with Gasteiger partial charge < -0.3 is 19.8 Å². The number of thioether (sulfide) groups is 1. The summed E-state index contributed by atoms with van der Waals surface area (Å²) in [5, 5.41) is 15.3. The van der Waals surface area contributed by atoms with Crippen molar-refractivity contribution in [1.29, 1.82) is 0 Å². The summed E-state index contributed by atoms with van der Waals surface area (Å²) in [4.78, 5) is 39.2. The number of benzene rings is 1. The van der Waals surface area contributed by atoms with Crippen molar-refractivity contribution in [2.24, 2.45) is 0 Å². The Bertz CT molecular complexity index is 1510. The number of amides is 2. The number of rotatable bonds is 10. The van der Waals surface area contributed by atoms with Crippen LogP contribution in [0.2, 0.25) is 0 Å². The molecule has 1 aliphatic rings. The second-order valence-corrected chi connectivity index (χ2v) is 10.9. The SMILES string of the molecule is CCOC(=O)c1c(NC(=O)CSc2nnc(CNC(=O)c3ccco3)n2-c2cccc(C)c2)sc2c1CCC2. The van der Waals surface area contributed by atoms with Gasteiger partial charge in [0.15, 0.2) is 16.7 Å². The van der Waals surface area contributed by atoms with Crippen LogP contribution in [-0.4, -0.2) is 44.9 Å². The van der Waals surface area contributed by atoms with E-state index in [2.05, 4.69) is 20.8 Å². The van der Waals surface area contributed by atoms with Crippen molar-refractivity contribution in [2.75, 3.05) is 17.7 Å². The number of furan rings is 1. The summed E-state index contributed by atoms with van der Waals surface area (Å²) in [5.74, 6) is -0.287. The van der Waals surface area contributed by atoms with Gasteiger partial charge in [-0.2, -0.15) is 0 Å². The van der Waals surface area contributed by atoms with Crippen molar-refractivity contribution in [2.45, 2.75) is 44.8 Å². The Balaban J connectivity index is 1.32. The molecule has 3 heterocycles. The number of ether oxygens (including phenoxy) is 1. The molecule has 2 N–H and O–H groups in total. The maximum Gasteiger partial charge on any atom is 0.341 e. The fourth-order valence-corrected chi connectivity index (χ4v) is 6.46. The van der Waals surface area contributed by atoms with Gasteiger partial charge in [0.25, 0.3) is 5.91 Å². The number of nitrogens with zero attached hydrogens (tertiary/aromatic N) is 3. The van der Waals surface area contributed by atoms with E-state index in [0.717, 1.165) is 41.0 Å². The number of nitrogens with one attached hydrogen (secondary N) is 2. The monoisotopic (exact) mass is 565 g/mol. The van der Waals surface area contributed by atoms with Crippen LogP contribution in [0.3, 0.4) is 0 Å². The third-order valence-corrected chi connectivity index (χ3v) is 8.23. The molecule has 0 unspecified atom stereocenters. The first-order chi connectivity index (χ1) is 18.9. The molecule has 3 aromatic heterocycles. The molecule has 0 aliphatic heterocycles. The molecule has 4 aromatic rings. The van der Waals surface area contributed by atoms with Gasteiger partial charge in [0.1, 0.15) is 5.00 Å². The van der Waals surface area contributed by atoms with Crippen molar-refractivity contribution in [3.05, 3.63) is 75.8 Å². The van der Waals surface area contributed by atoms with E-state index in [1.54, 1.807) is 19.1 Å². The highest BCUT2D eigenvalue weighted by atomic mass is 32.2. The molecule has 202 valence electrons. The Morgan fingerprint density at radius 2 is 2.05 bits per heavy atom. The lowest BCUT2D eigenvalue weighted by Gasteiger charge is -2.12. The zero-order chi connectivity index (χ0) is 27.4. The number of esters is 1. The van der Waals surface area contributed by atoms with Crippen molar-refractivity contribution < 1.29 is 23.5 Å². The Labute approximate surface area is 233 Å². The summed E-state index contributed by atoms with van der Waals surface area (Å²) in [6.45, 7) is 4.12. The molecule has 0 atom stereocenters. The van der Waals surface area contributed by atoms with Crippen molar-refractivity contribution >= 4 is 45.9 Å². The number of hydrogen-bond donors (Lipinski definition) is 2. The topological polar surface area (TPSA) is 128 Å². The molecule has 1 aliphatic carbocycles. The molecule has 12 heteroatoms. The van der Waals surface area contributed by atoms with Crippen molar-refractivity contribution in [3.63, 3.8) is 0 Å². The van der Waals surface area contributed by atoms with Gasteiger partial charge in [-0.25, -0.2) is 4.79 Å². The number of aromatic nitrogens is 3. The Morgan fingerprint density at radius 3 is 2.82 bits per heavy atom. The maximum atomic E-state index is 13.0. The normalized spacial score (nSPS) is 12.3. The molecule has 2 amide bonds. The summed E-state index contributed by atoms with van der Waals surface area (Å²) in [5.41, 5.74) is 3.31. The van der Waals surface area contributed by atoms with Crippen LogP contribution in [0.4, 0.5) is 5.00 Å². The summed E-state index contributed by atoms with van der Waals surface area (Å²) in [7, 11) is 0. The van der Waals surface area contributed by atoms with E-state index < -0.39 is 5.97 Å². The summed E-state index contributed by atoms with van der Waals surface area (Å²) in [6, 6.07) is 11.0. The van der Waals surface area contributed by atoms with Crippen LogP contribution in [0.15, 0.2) is 52.2 Å². The number of fused-ring (bicyclic) bond motifs is 1. The Hall–Kier alpha value is -3.90. The molecule has 10 nitrogen and oxygen atoms in total. The smallest absolute Gasteiger partial charge is 0.341 e. The molecule has 0 saturated carbocycles. The second kappa shape index (κ2) is 11.9. The lowest BCUT2D eigenvalue weighted by Crippen LogP contribution is -2.24. The lowest BCUT2D eigenvalue weighted by atomic mass is 10.1. The third kappa shape index (κ3) is 5.91. The number of hydrogen-bond acceptors (Lipinski definition) is 9. The zero-order valence-corrected chi connectivity index (χ0v) is 23.1. The predicted molar refractivity (Wildman–Crippen MR) is 148 cm³/mol. The van der Waals surface area contributed by atoms with E-state index in [4.69, 9.17) is 9.15 Å². The van der Waals surface area contributed by atoms with Crippen LogP contribution in [0, 0.1) is 6.92 Å². The standard InChI is InChI=1S/C27H27N5O5S2/c1-3-36-26(35)23-18-9-5-11-20(18)39-25(23)29-22(33)15-38-27-31-30-21(14-28-24(34)19-10-6-12-37-19)32(27)17-8-4-7-16(2)13-17/h4,6-8,10,12-13H,3,5,9,11,14-15H2,1-2H3,(H,28,34)(H,29,33). The highest BCUT2D eigenvalue weighted by molar-refractivity contribution is 7.99. The van der Waals surface area contributed by atoms with Gasteiger partial charge in [-0.3, -0.25) is 14.2 Å². The highest BCUT2D eigenvalue weighted by Crippen LogP contribution is 2.39. The fraction of sp³-hybridized carbons (Fsp3) is 0.296. The zero-order valence-electron chi connectivity index (χ0n) is 21.5. The minimum atomic E-state index is -0.403. The third-order valence-electron chi connectivity index (χ3n) is 6.10. The Kier molecular flexibility index (Phi) is 8.13. The van der Waals surface area contributed by atoms with Crippen LogP contribution >= 0.6 is 23.1 Å². The fourth-order valence-electron chi connectivity index (χ4n) is 4.39. The number of aryl methyl sites for hydroxylation is 2. The van der Waals surface area contributed by atoms with Crippen LogP contribution in [0.1, 0.15) is 56.1 Å². The van der Waals surface area contributed by atoms with E-state index in [9.17, 15) is 14.4 Å². The van der Waals surface area contributed by atoms with E-state index in [0.29, 0.717) is 21.5 Å². The first kappa shape index (κ1) is 26.7. The number of thiophene rings is 1. The Morgan fingerprint density at radius 1 is 1.18 bits per heavy atom. The minimum absolute atomic E-state index is 0.0491. The minimum Gasteiger partial charge on any atom is -0.462 e. The maximum absolute atomic E-state index is 13.0. The van der Waals surface area contributed by atoms with Crippen LogP contribution in [-0.2, 0) is 28.9 Å². The van der Waals surface area contributed by atoms with Crippen LogP contribution in [0.5, 0.6) is 0 Å². The molecule has 0 saturated heterocycles. The van der Waals surface area contributed by atoms with Gasteiger partial charge in [-0.05, 0) is 68.5 Å². The molecule has 5 rings (SSSR count). The van der Waals surface area contributed by atoms with E-state index in [1.807, 2.05) is 35.8 Å². The van der Waals surface area contributed by atoms with E-state index >= 15 is 0 Å². The van der Waals surface area contributed by atoms with Crippen LogP contribution in [0.25, 0.3) is 5.69 Å². The first-order valence-corrected chi connectivity index (χ1v) is 14.3. The first-order valence-electron chi connectivity index (χ1n) is 12.5. The van der Waals surface area contributed by atoms with Crippen LogP contribution < -0.4 is 10.6 Å². The molecule has 1 aromatic carbocycles. The molecule has 0 spiro atoms. The van der Waals surface area contributed by atoms with Gasteiger partial charge in [0, 0.05) is 10.6 Å². The van der Waals surface area contributed by atoms with Gasteiger partial charge >= 0.3 is 5.97 Å². The largest absolute Gasteiger partial charge is 0.462 e.